The van der Waals surface area contributed by atoms with Crippen molar-refractivity contribution in [3.05, 3.63) is 35.6 Å². The summed E-state index contributed by atoms with van der Waals surface area (Å²) in [5.41, 5.74) is 0.735. The molecular weight excluding hydrogens is 172 g/mol. The molecule has 4 heteroatoms. The normalized spacial score (nSPS) is 12.6. The Bertz CT molecular complexity index is 381. The summed E-state index contributed by atoms with van der Waals surface area (Å²) in [4.78, 5) is 20.1. The summed E-state index contributed by atoms with van der Waals surface area (Å²) >= 11 is 0. The van der Waals surface area contributed by atoms with E-state index in [9.17, 15) is 4.79 Å². The van der Waals surface area contributed by atoms with E-state index in [2.05, 4.69) is 4.89 Å². The van der Waals surface area contributed by atoms with Crippen LogP contribution in [0.5, 0.6) is 5.75 Å². The van der Waals surface area contributed by atoms with Gasteiger partial charge in [0, 0.05) is 5.56 Å². The summed E-state index contributed by atoms with van der Waals surface area (Å²) in [6.45, 7) is 0. The Morgan fingerprint density at radius 3 is 3.00 bits per heavy atom. The molecule has 2 rings (SSSR count). The first-order valence-corrected chi connectivity index (χ1v) is 3.65. The summed E-state index contributed by atoms with van der Waals surface area (Å²) < 4.78 is 0. The highest BCUT2D eigenvalue weighted by molar-refractivity contribution is 5.93. The molecule has 0 saturated heterocycles. The molecule has 1 aromatic rings. The molecule has 0 spiro atoms. The molecule has 1 aromatic carbocycles. The first-order chi connectivity index (χ1) is 6.29. The standard InChI is InChI=1S/C9H6O4/c10-9(11)7-2-1-3-8-6(7)4-5-12-13-8/h1-5H,(H,10,11). The van der Waals surface area contributed by atoms with Gasteiger partial charge in [-0.25, -0.2) is 4.79 Å². The van der Waals surface area contributed by atoms with Gasteiger partial charge in [0.2, 0.25) is 0 Å². The van der Waals surface area contributed by atoms with Crippen LogP contribution in [0.3, 0.4) is 0 Å². The van der Waals surface area contributed by atoms with Gasteiger partial charge in [-0.2, -0.15) is 0 Å². The lowest BCUT2D eigenvalue weighted by atomic mass is 10.1. The van der Waals surface area contributed by atoms with Gasteiger partial charge >= 0.3 is 5.97 Å². The zero-order valence-electron chi connectivity index (χ0n) is 6.56. The van der Waals surface area contributed by atoms with Gasteiger partial charge in [-0.05, 0) is 18.2 Å². The van der Waals surface area contributed by atoms with E-state index in [4.69, 9.17) is 9.99 Å². The fourth-order valence-corrected chi connectivity index (χ4v) is 1.15. The molecular formula is C9H6O4. The fraction of sp³-hybridized carbons (Fsp3) is 0. The second kappa shape index (κ2) is 2.82. The number of rotatable bonds is 1. The first kappa shape index (κ1) is 7.67. The highest BCUT2D eigenvalue weighted by Crippen LogP contribution is 2.27. The lowest BCUT2D eigenvalue weighted by molar-refractivity contribution is -0.151. The van der Waals surface area contributed by atoms with Gasteiger partial charge in [0.25, 0.3) is 0 Å². The molecule has 0 saturated carbocycles. The summed E-state index contributed by atoms with van der Waals surface area (Å²) in [5.74, 6) is -0.561. The van der Waals surface area contributed by atoms with E-state index in [1.807, 2.05) is 0 Å². The second-order valence-electron chi connectivity index (χ2n) is 2.50. The van der Waals surface area contributed by atoms with Crippen LogP contribution in [0, 0.1) is 0 Å². The smallest absolute Gasteiger partial charge is 0.336 e. The predicted molar refractivity (Wildman–Crippen MR) is 44.1 cm³/mol. The van der Waals surface area contributed by atoms with Crippen LogP contribution >= 0.6 is 0 Å². The van der Waals surface area contributed by atoms with Gasteiger partial charge in [-0.15, -0.1) is 0 Å². The van der Waals surface area contributed by atoms with E-state index in [1.165, 1.54) is 12.3 Å². The van der Waals surface area contributed by atoms with E-state index in [1.54, 1.807) is 18.2 Å². The molecule has 0 fully saturated rings. The van der Waals surface area contributed by atoms with Gasteiger partial charge in [0.15, 0.2) is 5.75 Å². The van der Waals surface area contributed by atoms with Gasteiger partial charge in [0.1, 0.15) is 6.26 Å². The van der Waals surface area contributed by atoms with Crippen LogP contribution in [-0.4, -0.2) is 11.1 Å². The van der Waals surface area contributed by atoms with Crippen molar-refractivity contribution in [2.24, 2.45) is 0 Å². The minimum Gasteiger partial charge on any atom is -0.478 e. The summed E-state index contributed by atoms with van der Waals surface area (Å²) in [6.07, 6.45) is 2.86. The van der Waals surface area contributed by atoms with Gasteiger partial charge < -0.3 is 5.11 Å². The summed E-state index contributed by atoms with van der Waals surface area (Å²) in [5, 5.41) is 8.81. The maximum absolute atomic E-state index is 10.7. The third-order valence-electron chi connectivity index (χ3n) is 1.72. The monoisotopic (exact) mass is 178 g/mol. The molecule has 0 bridgehead atoms. The molecule has 66 valence electrons. The van der Waals surface area contributed by atoms with E-state index in [0.717, 1.165) is 0 Å². The predicted octanol–water partition coefficient (Wildman–Crippen LogP) is 1.68. The van der Waals surface area contributed by atoms with Crippen LogP contribution in [0.4, 0.5) is 0 Å². The Balaban J connectivity index is 2.60. The molecule has 0 aromatic heterocycles. The third-order valence-corrected chi connectivity index (χ3v) is 1.72. The Morgan fingerprint density at radius 1 is 1.38 bits per heavy atom. The lowest BCUT2D eigenvalue weighted by Gasteiger charge is -2.11. The SMILES string of the molecule is O=C(O)c1cccc2c1C=COO2. The zero-order valence-corrected chi connectivity index (χ0v) is 6.56. The zero-order chi connectivity index (χ0) is 9.26. The average Bonchev–Trinajstić information content (AvgIpc) is 2.17. The minimum absolute atomic E-state index is 0.206. The van der Waals surface area contributed by atoms with Crippen molar-refractivity contribution in [1.29, 1.82) is 0 Å². The molecule has 13 heavy (non-hydrogen) atoms. The number of aromatic carboxylic acids is 1. The highest BCUT2D eigenvalue weighted by Gasteiger charge is 2.15. The summed E-state index contributed by atoms with van der Waals surface area (Å²) in [6, 6.07) is 4.76. The maximum Gasteiger partial charge on any atom is 0.336 e. The van der Waals surface area contributed by atoms with Crippen molar-refractivity contribution in [1.82, 2.24) is 0 Å². The number of carboxylic acid groups (broad SMARTS) is 1. The van der Waals surface area contributed by atoms with E-state index < -0.39 is 5.97 Å². The molecule has 0 aliphatic carbocycles. The van der Waals surface area contributed by atoms with Crippen molar-refractivity contribution in [2.75, 3.05) is 0 Å². The number of carbonyl (C=O) groups is 1. The molecule has 0 unspecified atom stereocenters. The Labute approximate surface area is 73.9 Å². The second-order valence-corrected chi connectivity index (χ2v) is 2.50. The van der Waals surface area contributed by atoms with E-state index >= 15 is 0 Å². The average molecular weight is 178 g/mol. The van der Waals surface area contributed by atoms with Gasteiger partial charge in [0.05, 0.1) is 5.56 Å². The molecule has 1 aliphatic rings. The fourth-order valence-electron chi connectivity index (χ4n) is 1.15. The van der Waals surface area contributed by atoms with Gasteiger partial charge in [-0.3, -0.25) is 9.78 Å². The van der Waals surface area contributed by atoms with Gasteiger partial charge in [-0.1, -0.05) is 6.07 Å². The summed E-state index contributed by atoms with van der Waals surface area (Å²) in [7, 11) is 0. The van der Waals surface area contributed by atoms with Crippen LogP contribution in [-0.2, 0) is 4.89 Å². The molecule has 0 atom stereocenters. The molecule has 0 amide bonds. The van der Waals surface area contributed by atoms with Crippen LogP contribution < -0.4 is 4.89 Å². The van der Waals surface area contributed by atoms with Crippen LogP contribution in [0.2, 0.25) is 0 Å². The molecule has 0 radical (unpaired) electrons. The number of hydrogen-bond donors (Lipinski definition) is 1. The van der Waals surface area contributed by atoms with Crippen molar-refractivity contribution >= 4 is 12.0 Å². The maximum atomic E-state index is 10.7. The Hall–Kier alpha value is -1.97. The molecule has 1 aliphatic heterocycles. The quantitative estimate of drug-likeness (QED) is 0.664. The Morgan fingerprint density at radius 2 is 2.23 bits per heavy atom. The molecule has 4 nitrogen and oxygen atoms in total. The largest absolute Gasteiger partial charge is 0.478 e. The van der Waals surface area contributed by atoms with Crippen molar-refractivity contribution in [2.45, 2.75) is 0 Å². The van der Waals surface area contributed by atoms with Crippen molar-refractivity contribution in [3.63, 3.8) is 0 Å². The number of benzene rings is 1. The first-order valence-electron chi connectivity index (χ1n) is 3.65. The van der Waals surface area contributed by atoms with E-state index in [0.29, 0.717) is 11.3 Å². The van der Waals surface area contributed by atoms with Crippen LogP contribution in [0.1, 0.15) is 15.9 Å². The number of carboxylic acids is 1. The third kappa shape index (κ3) is 1.22. The van der Waals surface area contributed by atoms with Crippen molar-refractivity contribution in [3.8, 4) is 5.75 Å². The van der Waals surface area contributed by atoms with E-state index in [-0.39, 0.29) is 5.56 Å². The minimum atomic E-state index is -0.980. The van der Waals surface area contributed by atoms with Crippen LogP contribution in [0.25, 0.3) is 6.08 Å². The lowest BCUT2D eigenvalue weighted by Crippen LogP contribution is -2.05. The highest BCUT2D eigenvalue weighted by atomic mass is 17.2. The van der Waals surface area contributed by atoms with Crippen molar-refractivity contribution < 1.29 is 19.7 Å². The van der Waals surface area contributed by atoms with Crippen LogP contribution in [0.15, 0.2) is 24.5 Å². The molecule has 1 heterocycles. The number of fused-ring (bicyclic) bond motifs is 1. The molecule has 1 N–H and O–H groups in total. The topological polar surface area (TPSA) is 55.8 Å². The number of hydrogen-bond acceptors (Lipinski definition) is 3. The Kier molecular flexibility index (Phi) is 1.66.